The van der Waals surface area contributed by atoms with Gasteiger partial charge in [-0.1, -0.05) is 17.3 Å². The van der Waals surface area contributed by atoms with Gasteiger partial charge in [-0.3, -0.25) is 0 Å². The van der Waals surface area contributed by atoms with Gasteiger partial charge in [-0.05, 0) is 43.3 Å². The third kappa shape index (κ3) is 5.04. The first-order valence-electron chi connectivity index (χ1n) is 6.45. The summed E-state index contributed by atoms with van der Waals surface area (Å²) in [7, 11) is 0. The van der Waals surface area contributed by atoms with Crippen LogP contribution in [0.4, 0.5) is 13.2 Å². The lowest BCUT2D eigenvalue weighted by Crippen LogP contribution is -2.17. The molecule has 2 aromatic carbocycles. The zero-order valence-electron chi connectivity index (χ0n) is 12.0. The maximum absolute atomic E-state index is 12.2. The van der Waals surface area contributed by atoms with Crippen LogP contribution in [0.5, 0.6) is 11.5 Å². The minimum absolute atomic E-state index is 0.331. The van der Waals surface area contributed by atoms with Crippen molar-refractivity contribution in [2.75, 3.05) is 0 Å². The molecule has 23 heavy (non-hydrogen) atoms. The van der Waals surface area contributed by atoms with Gasteiger partial charge in [0, 0.05) is 5.56 Å². The molecule has 2 aromatic rings. The summed E-state index contributed by atoms with van der Waals surface area (Å²) in [5, 5.41) is 12.5. The number of halogens is 3. The molecule has 0 aliphatic carbocycles. The average Bonchev–Trinajstić information content (AvgIpc) is 2.51. The van der Waals surface area contributed by atoms with Crippen LogP contribution in [0.15, 0.2) is 53.7 Å². The zero-order valence-corrected chi connectivity index (χ0v) is 12.0. The maximum Gasteiger partial charge on any atom is 0.573 e. The third-order valence-electron chi connectivity index (χ3n) is 2.76. The molecule has 0 radical (unpaired) electrons. The second kappa shape index (κ2) is 6.83. The Kier molecular flexibility index (Phi) is 4.86. The van der Waals surface area contributed by atoms with Crippen molar-refractivity contribution in [3.05, 3.63) is 59.7 Å². The Balaban J connectivity index is 2.11. The molecule has 118 valence electrons. The van der Waals surface area contributed by atoms with Gasteiger partial charge in [-0.15, -0.1) is 13.2 Å². The van der Waals surface area contributed by atoms with E-state index in [9.17, 15) is 13.2 Å². The SMILES string of the molecule is C/C(=N/Oc1ccc(C#N)cc1)c1cccc(OC(F)(F)F)c1. The minimum Gasteiger partial charge on any atom is -0.406 e. The van der Waals surface area contributed by atoms with Crippen molar-refractivity contribution in [2.24, 2.45) is 5.16 Å². The normalized spacial score (nSPS) is 11.7. The Bertz CT molecular complexity index is 747. The van der Waals surface area contributed by atoms with E-state index in [2.05, 4.69) is 9.89 Å². The van der Waals surface area contributed by atoms with Gasteiger partial charge >= 0.3 is 6.36 Å². The van der Waals surface area contributed by atoms with Crippen LogP contribution in [0.1, 0.15) is 18.1 Å². The molecule has 0 aliphatic heterocycles. The largest absolute Gasteiger partial charge is 0.573 e. The lowest BCUT2D eigenvalue weighted by molar-refractivity contribution is -0.274. The number of hydrogen-bond acceptors (Lipinski definition) is 4. The molecule has 0 aliphatic rings. The van der Waals surface area contributed by atoms with Crippen LogP contribution in [-0.2, 0) is 0 Å². The average molecular weight is 320 g/mol. The Morgan fingerprint density at radius 1 is 1.09 bits per heavy atom. The summed E-state index contributed by atoms with van der Waals surface area (Å²) in [4.78, 5) is 5.18. The van der Waals surface area contributed by atoms with Crippen LogP contribution in [0.25, 0.3) is 0 Å². The van der Waals surface area contributed by atoms with Crippen LogP contribution in [0.3, 0.4) is 0 Å². The number of benzene rings is 2. The Hall–Kier alpha value is -3.01. The van der Waals surface area contributed by atoms with Crippen LogP contribution in [-0.4, -0.2) is 12.1 Å². The summed E-state index contributed by atoms with van der Waals surface area (Å²) in [6.07, 6.45) is -4.75. The molecule has 0 saturated heterocycles. The fourth-order valence-electron chi connectivity index (χ4n) is 1.68. The number of rotatable bonds is 4. The van der Waals surface area contributed by atoms with Crippen LogP contribution < -0.4 is 9.57 Å². The molecule has 0 amide bonds. The van der Waals surface area contributed by atoms with E-state index in [1.54, 1.807) is 37.3 Å². The second-order valence-electron chi connectivity index (χ2n) is 4.48. The molecule has 0 N–H and O–H groups in total. The lowest BCUT2D eigenvalue weighted by atomic mass is 10.1. The molecular weight excluding hydrogens is 309 g/mol. The number of ether oxygens (including phenoxy) is 1. The summed E-state index contributed by atoms with van der Waals surface area (Å²) in [6, 6.07) is 13.7. The smallest absolute Gasteiger partial charge is 0.406 e. The van der Waals surface area contributed by atoms with E-state index < -0.39 is 6.36 Å². The first kappa shape index (κ1) is 16.4. The van der Waals surface area contributed by atoms with Gasteiger partial charge in [0.25, 0.3) is 0 Å². The van der Waals surface area contributed by atoms with Gasteiger partial charge in [-0.25, -0.2) is 0 Å². The Labute approximate surface area is 130 Å². The standard InChI is InChI=1S/C16H11F3N2O2/c1-11(21-23-14-7-5-12(10-20)6-8-14)13-3-2-4-15(9-13)22-16(17,18)19/h2-9H,1H3/b21-11-. The molecule has 2 rings (SSSR count). The highest BCUT2D eigenvalue weighted by Crippen LogP contribution is 2.23. The van der Waals surface area contributed by atoms with Crippen LogP contribution in [0.2, 0.25) is 0 Å². The first-order valence-corrected chi connectivity index (χ1v) is 6.45. The van der Waals surface area contributed by atoms with Crippen molar-refractivity contribution in [1.82, 2.24) is 0 Å². The molecule has 0 spiro atoms. The van der Waals surface area contributed by atoms with E-state index >= 15 is 0 Å². The van der Waals surface area contributed by atoms with Gasteiger partial charge < -0.3 is 9.57 Å². The summed E-state index contributed by atoms with van der Waals surface area (Å²) in [6.45, 7) is 1.59. The highest BCUT2D eigenvalue weighted by Gasteiger charge is 2.31. The lowest BCUT2D eigenvalue weighted by Gasteiger charge is -2.09. The van der Waals surface area contributed by atoms with Crippen LogP contribution in [0, 0.1) is 11.3 Å². The molecule has 0 fully saturated rings. The Morgan fingerprint density at radius 2 is 1.78 bits per heavy atom. The number of nitriles is 1. The number of oxime groups is 1. The number of hydrogen-bond donors (Lipinski definition) is 0. The van der Waals surface area contributed by atoms with Crippen molar-refractivity contribution in [3.63, 3.8) is 0 Å². The third-order valence-corrected chi connectivity index (χ3v) is 2.76. The predicted molar refractivity (Wildman–Crippen MR) is 77.1 cm³/mol. The zero-order chi connectivity index (χ0) is 16.9. The number of alkyl halides is 3. The van der Waals surface area contributed by atoms with E-state index in [4.69, 9.17) is 10.1 Å². The van der Waals surface area contributed by atoms with Crippen molar-refractivity contribution < 1.29 is 22.7 Å². The fraction of sp³-hybridized carbons (Fsp3) is 0.125. The van der Waals surface area contributed by atoms with Gasteiger partial charge in [0.1, 0.15) is 5.75 Å². The van der Waals surface area contributed by atoms with Crippen LogP contribution >= 0.6 is 0 Å². The predicted octanol–water partition coefficient (Wildman–Crippen LogP) is 4.26. The van der Waals surface area contributed by atoms with E-state index in [0.717, 1.165) is 0 Å². The van der Waals surface area contributed by atoms with Gasteiger partial charge in [-0.2, -0.15) is 5.26 Å². The van der Waals surface area contributed by atoms with Gasteiger partial charge in [0.05, 0.1) is 17.3 Å². The van der Waals surface area contributed by atoms with Crippen molar-refractivity contribution >= 4 is 5.71 Å². The molecule has 0 atom stereocenters. The molecule has 4 nitrogen and oxygen atoms in total. The highest BCUT2D eigenvalue weighted by atomic mass is 19.4. The monoisotopic (exact) mass is 320 g/mol. The topological polar surface area (TPSA) is 54.6 Å². The maximum atomic E-state index is 12.2. The van der Waals surface area contributed by atoms with E-state index in [1.165, 1.54) is 18.2 Å². The summed E-state index contributed by atoms with van der Waals surface area (Å²) in [5.41, 5.74) is 1.29. The molecule has 0 saturated carbocycles. The van der Waals surface area contributed by atoms with E-state index in [1.807, 2.05) is 6.07 Å². The van der Waals surface area contributed by atoms with Crippen molar-refractivity contribution in [3.8, 4) is 17.6 Å². The van der Waals surface area contributed by atoms with Gasteiger partial charge in [0.2, 0.25) is 0 Å². The molecule has 0 bridgehead atoms. The Morgan fingerprint density at radius 3 is 2.39 bits per heavy atom. The molecule has 7 heteroatoms. The van der Waals surface area contributed by atoms with E-state index in [-0.39, 0.29) is 5.75 Å². The highest BCUT2D eigenvalue weighted by molar-refractivity contribution is 5.98. The number of nitrogens with zero attached hydrogens (tertiary/aromatic N) is 2. The van der Waals surface area contributed by atoms with E-state index in [0.29, 0.717) is 22.6 Å². The summed E-state index contributed by atoms with van der Waals surface area (Å²) < 4.78 is 40.5. The van der Waals surface area contributed by atoms with Crippen molar-refractivity contribution in [1.29, 1.82) is 5.26 Å². The fourth-order valence-corrected chi connectivity index (χ4v) is 1.68. The molecule has 0 aromatic heterocycles. The molecule has 0 heterocycles. The van der Waals surface area contributed by atoms with Crippen molar-refractivity contribution in [2.45, 2.75) is 13.3 Å². The first-order chi connectivity index (χ1) is 10.9. The molecule has 0 unspecified atom stereocenters. The summed E-state index contributed by atoms with van der Waals surface area (Å²) in [5.74, 6) is 0.0777. The quantitative estimate of drug-likeness (QED) is 0.625. The summed E-state index contributed by atoms with van der Waals surface area (Å²) >= 11 is 0. The molecular formula is C16H11F3N2O2. The second-order valence-corrected chi connectivity index (χ2v) is 4.48. The minimum atomic E-state index is -4.75. The van der Waals surface area contributed by atoms with Gasteiger partial charge in [0.15, 0.2) is 5.75 Å².